The van der Waals surface area contributed by atoms with Crippen molar-refractivity contribution >= 4 is 0 Å². The summed E-state index contributed by atoms with van der Waals surface area (Å²) in [6, 6.07) is 8.13. The van der Waals surface area contributed by atoms with Crippen molar-refractivity contribution in [1.29, 1.82) is 0 Å². The van der Waals surface area contributed by atoms with Gasteiger partial charge in [0.1, 0.15) is 5.75 Å². The van der Waals surface area contributed by atoms with Crippen LogP contribution in [0.2, 0.25) is 0 Å². The van der Waals surface area contributed by atoms with Crippen LogP contribution >= 0.6 is 0 Å². The number of hydrogen-bond acceptors (Lipinski definition) is 4. The third kappa shape index (κ3) is 6.37. The molecular formula is C16H27NO3. The molecule has 4 nitrogen and oxygen atoms in total. The van der Waals surface area contributed by atoms with Gasteiger partial charge in [-0.25, -0.2) is 0 Å². The quantitative estimate of drug-likeness (QED) is 0.647. The van der Waals surface area contributed by atoms with E-state index in [9.17, 15) is 5.11 Å². The van der Waals surface area contributed by atoms with E-state index in [4.69, 9.17) is 9.47 Å². The van der Waals surface area contributed by atoms with Crippen molar-refractivity contribution in [2.45, 2.75) is 38.8 Å². The van der Waals surface area contributed by atoms with E-state index in [0.717, 1.165) is 25.2 Å². The Bertz CT molecular complexity index is 353. The summed E-state index contributed by atoms with van der Waals surface area (Å²) in [5, 5.41) is 13.1. The lowest BCUT2D eigenvalue weighted by Gasteiger charge is -2.18. The molecule has 0 fully saturated rings. The fourth-order valence-corrected chi connectivity index (χ4v) is 1.85. The molecular weight excluding hydrogens is 254 g/mol. The number of rotatable bonds is 10. The summed E-state index contributed by atoms with van der Waals surface area (Å²) in [6.07, 6.45) is 1.69. The Hall–Kier alpha value is -1.10. The molecule has 20 heavy (non-hydrogen) atoms. The van der Waals surface area contributed by atoms with Crippen molar-refractivity contribution in [2.24, 2.45) is 0 Å². The van der Waals surface area contributed by atoms with Gasteiger partial charge in [-0.1, -0.05) is 25.5 Å². The Balaban J connectivity index is 2.25. The lowest BCUT2D eigenvalue weighted by Crippen LogP contribution is -2.32. The minimum Gasteiger partial charge on any atom is -0.497 e. The average Bonchev–Trinajstić information content (AvgIpc) is 2.49. The molecule has 0 heterocycles. The standard InChI is InChI=1S/C16H27NO3/c1-4-5-10-20-12-15(18)11-17-13(2)14-6-8-16(19-3)9-7-14/h6-9,13,15,17-18H,4-5,10-12H2,1-3H3/t13-,15?/m0/s1. The van der Waals surface area contributed by atoms with Gasteiger partial charge in [0, 0.05) is 19.2 Å². The Morgan fingerprint density at radius 2 is 1.95 bits per heavy atom. The third-order valence-corrected chi connectivity index (χ3v) is 3.23. The number of methoxy groups -OCH3 is 1. The molecule has 0 aliphatic heterocycles. The number of unbranched alkanes of at least 4 members (excludes halogenated alkanes) is 1. The molecule has 2 N–H and O–H groups in total. The second kappa shape index (κ2) is 9.75. The van der Waals surface area contributed by atoms with Gasteiger partial charge < -0.3 is 19.9 Å². The van der Waals surface area contributed by atoms with Crippen molar-refractivity contribution in [2.75, 3.05) is 26.9 Å². The molecule has 1 aromatic rings. The molecule has 0 bridgehead atoms. The first-order valence-electron chi connectivity index (χ1n) is 7.30. The average molecular weight is 281 g/mol. The van der Waals surface area contributed by atoms with Crippen LogP contribution in [-0.2, 0) is 4.74 Å². The molecule has 0 spiro atoms. The van der Waals surface area contributed by atoms with Gasteiger partial charge in [0.05, 0.1) is 19.8 Å². The van der Waals surface area contributed by atoms with Crippen LogP contribution < -0.4 is 10.1 Å². The van der Waals surface area contributed by atoms with Crippen LogP contribution in [0.1, 0.15) is 38.3 Å². The van der Waals surface area contributed by atoms with Crippen LogP contribution in [0, 0.1) is 0 Å². The molecule has 0 saturated carbocycles. The first kappa shape index (κ1) is 17.0. The van der Waals surface area contributed by atoms with Crippen molar-refractivity contribution in [3.8, 4) is 5.75 Å². The van der Waals surface area contributed by atoms with Gasteiger partial charge in [0.25, 0.3) is 0 Å². The monoisotopic (exact) mass is 281 g/mol. The topological polar surface area (TPSA) is 50.7 Å². The largest absolute Gasteiger partial charge is 0.497 e. The highest BCUT2D eigenvalue weighted by Crippen LogP contribution is 2.17. The number of aliphatic hydroxyl groups is 1. The van der Waals surface area contributed by atoms with Crippen LogP contribution in [-0.4, -0.2) is 38.1 Å². The van der Waals surface area contributed by atoms with E-state index < -0.39 is 6.10 Å². The Morgan fingerprint density at radius 3 is 2.55 bits per heavy atom. The minimum atomic E-state index is -0.465. The molecule has 0 radical (unpaired) electrons. The highest BCUT2D eigenvalue weighted by molar-refractivity contribution is 5.28. The normalized spacial score (nSPS) is 14.0. The van der Waals surface area contributed by atoms with Gasteiger partial charge in [0.15, 0.2) is 0 Å². The fourth-order valence-electron chi connectivity index (χ4n) is 1.85. The second-order valence-electron chi connectivity index (χ2n) is 4.99. The van der Waals surface area contributed by atoms with E-state index in [-0.39, 0.29) is 6.04 Å². The second-order valence-corrected chi connectivity index (χ2v) is 4.99. The van der Waals surface area contributed by atoms with E-state index in [1.54, 1.807) is 7.11 Å². The maximum Gasteiger partial charge on any atom is 0.118 e. The molecule has 0 amide bonds. The van der Waals surface area contributed by atoms with Crippen molar-refractivity contribution in [3.05, 3.63) is 29.8 Å². The summed E-state index contributed by atoms with van der Waals surface area (Å²) >= 11 is 0. The predicted molar refractivity (Wildman–Crippen MR) is 81.1 cm³/mol. The molecule has 0 aliphatic carbocycles. The van der Waals surface area contributed by atoms with Gasteiger partial charge in [-0.2, -0.15) is 0 Å². The van der Waals surface area contributed by atoms with Crippen LogP contribution in [0.5, 0.6) is 5.75 Å². The lowest BCUT2D eigenvalue weighted by atomic mass is 10.1. The zero-order valence-corrected chi connectivity index (χ0v) is 12.8. The molecule has 4 heteroatoms. The lowest BCUT2D eigenvalue weighted by molar-refractivity contribution is 0.0348. The van der Waals surface area contributed by atoms with Crippen LogP contribution in [0.25, 0.3) is 0 Å². The SMILES string of the molecule is CCCCOCC(O)CN[C@@H](C)c1ccc(OC)cc1. The van der Waals surface area contributed by atoms with Crippen molar-refractivity contribution in [3.63, 3.8) is 0 Å². The summed E-state index contributed by atoms with van der Waals surface area (Å²) in [5.41, 5.74) is 1.17. The smallest absolute Gasteiger partial charge is 0.118 e. The van der Waals surface area contributed by atoms with E-state index >= 15 is 0 Å². The maximum atomic E-state index is 9.82. The molecule has 1 unspecified atom stereocenters. The minimum absolute atomic E-state index is 0.186. The molecule has 0 aliphatic rings. The fraction of sp³-hybridized carbons (Fsp3) is 0.625. The number of ether oxygens (including phenoxy) is 2. The molecule has 1 rings (SSSR count). The summed E-state index contributed by atoms with van der Waals surface area (Å²) in [7, 11) is 1.66. The maximum absolute atomic E-state index is 9.82. The summed E-state index contributed by atoms with van der Waals surface area (Å²) in [4.78, 5) is 0. The summed E-state index contributed by atoms with van der Waals surface area (Å²) < 4.78 is 10.5. The molecule has 1 aromatic carbocycles. The van der Waals surface area contributed by atoms with Crippen molar-refractivity contribution in [1.82, 2.24) is 5.32 Å². The molecule has 2 atom stereocenters. The van der Waals surface area contributed by atoms with E-state index in [1.807, 2.05) is 24.3 Å². The first-order valence-corrected chi connectivity index (χ1v) is 7.30. The van der Waals surface area contributed by atoms with Crippen molar-refractivity contribution < 1.29 is 14.6 Å². The molecule has 0 saturated heterocycles. The molecule has 114 valence electrons. The number of hydrogen-bond donors (Lipinski definition) is 2. The predicted octanol–water partition coefficient (Wildman–Crippen LogP) is 2.52. The first-order chi connectivity index (χ1) is 9.67. The Kier molecular flexibility index (Phi) is 8.26. The van der Waals surface area contributed by atoms with Gasteiger partial charge >= 0.3 is 0 Å². The zero-order chi connectivity index (χ0) is 14.8. The number of nitrogens with one attached hydrogen (secondary N) is 1. The van der Waals surface area contributed by atoms with Crippen LogP contribution in [0.4, 0.5) is 0 Å². The van der Waals surface area contributed by atoms with Gasteiger partial charge in [-0.3, -0.25) is 0 Å². The van der Waals surface area contributed by atoms with Gasteiger partial charge in [0.2, 0.25) is 0 Å². The van der Waals surface area contributed by atoms with Crippen LogP contribution in [0.15, 0.2) is 24.3 Å². The third-order valence-electron chi connectivity index (χ3n) is 3.23. The highest BCUT2D eigenvalue weighted by atomic mass is 16.5. The number of benzene rings is 1. The van der Waals surface area contributed by atoms with Gasteiger partial charge in [-0.05, 0) is 31.0 Å². The van der Waals surface area contributed by atoms with Gasteiger partial charge in [-0.15, -0.1) is 0 Å². The number of aliphatic hydroxyl groups excluding tert-OH is 1. The van der Waals surface area contributed by atoms with E-state index in [2.05, 4.69) is 19.2 Å². The van der Waals surface area contributed by atoms with E-state index in [0.29, 0.717) is 13.2 Å². The summed E-state index contributed by atoms with van der Waals surface area (Å²) in [5.74, 6) is 0.852. The van der Waals surface area contributed by atoms with E-state index in [1.165, 1.54) is 5.56 Å². The Morgan fingerprint density at radius 1 is 1.25 bits per heavy atom. The highest BCUT2D eigenvalue weighted by Gasteiger charge is 2.09. The van der Waals surface area contributed by atoms with Crippen LogP contribution in [0.3, 0.4) is 0 Å². The summed E-state index contributed by atoms with van der Waals surface area (Å²) in [6.45, 7) is 5.84. The molecule has 0 aromatic heterocycles. The Labute approximate surface area is 122 Å². The zero-order valence-electron chi connectivity index (χ0n) is 12.8.